The summed E-state index contributed by atoms with van der Waals surface area (Å²) in [6.07, 6.45) is 1.46. The Morgan fingerprint density at radius 2 is 1.77 bits per heavy atom. The molecule has 1 fully saturated rings. The van der Waals surface area contributed by atoms with Gasteiger partial charge in [0, 0.05) is 36.3 Å². The van der Waals surface area contributed by atoms with Gasteiger partial charge in [-0.05, 0) is 49.2 Å². The van der Waals surface area contributed by atoms with E-state index in [2.05, 4.69) is 73.1 Å². The van der Waals surface area contributed by atoms with E-state index in [1.165, 1.54) is 29.2 Å². The molecule has 1 saturated heterocycles. The van der Waals surface area contributed by atoms with E-state index in [-0.39, 0.29) is 5.82 Å². The van der Waals surface area contributed by atoms with Crippen LogP contribution < -0.4 is 20.9 Å². The highest BCUT2D eigenvalue weighted by molar-refractivity contribution is 9.10. The number of nitrogens with zero attached hydrogens (tertiary/aromatic N) is 4. The number of aryl methyl sites for hydroxylation is 1. The Hall–Kier alpha value is -2.87. The summed E-state index contributed by atoms with van der Waals surface area (Å²) in [4.78, 5) is 13.2. The Morgan fingerprint density at radius 3 is 2.50 bits per heavy atom. The normalized spacial score (nSPS) is 14.1. The Labute approximate surface area is 184 Å². The first kappa shape index (κ1) is 20.4. The molecular weight excluding hydrogens is 447 g/mol. The van der Waals surface area contributed by atoms with Crippen molar-refractivity contribution in [1.29, 1.82) is 0 Å². The van der Waals surface area contributed by atoms with Crippen molar-refractivity contribution in [2.75, 3.05) is 47.0 Å². The van der Waals surface area contributed by atoms with Crippen LogP contribution in [0.2, 0.25) is 0 Å². The fraction of sp³-hybridized carbons (Fsp3) is 0.273. The molecule has 4 rings (SSSR count). The van der Waals surface area contributed by atoms with Crippen LogP contribution >= 0.6 is 15.9 Å². The van der Waals surface area contributed by atoms with Crippen LogP contribution in [-0.4, -0.2) is 36.1 Å². The van der Waals surface area contributed by atoms with Gasteiger partial charge in [-0.25, -0.2) is 14.4 Å². The number of benzene rings is 2. The van der Waals surface area contributed by atoms with Crippen molar-refractivity contribution in [3.8, 4) is 0 Å². The molecule has 1 aliphatic rings. The molecule has 8 heteroatoms. The third-order valence-electron chi connectivity index (χ3n) is 5.54. The van der Waals surface area contributed by atoms with Crippen LogP contribution in [0, 0.1) is 19.7 Å². The number of rotatable bonds is 4. The van der Waals surface area contributed by atoms with E-state index < -0.39 is 0 Å². The Balaban J connectivity index is 1.50. The van der Waals surface area contributed by atoms with Crippen molar-refractivity contribution in [2.45, 2.75) is 13.8 Å². The van der Waals surface area contributed by atoms with Crippen molar-refractivity contribution in [1.82, 2.24) is 9.97 Å². The van der Waals surface area contributed by atoms with Crippen LogP contribution in [0.3, 0.4) is 0 Å². The van der Waals surface area contributed by atoms with Crippen LogP contribution in [0.15, 0.2) is 47.2 Å². The van der Waals surface area contributed by atoms with Crippen molar-refractivity contribution in [3.05, 3.63) is 64.1 Å². The largest absolute Gasteiger partial charge is 0.393 e. The van der Waals surface area contributed by atoms with Gasteiger partial charge >= 0.3 is 0 Å². The molecule has 3 aromatic rings. The van der Waals surface area contributed by atoms with Gasteiger partial charge in [0.05, 0.1) is 5.69 Å². The van der Waals surface area contributed by atoms with Gasteiger partial charge in [0.25, 0.3) is 0 Å². The minimum absolute atomic E-state index is 0.314. The molecular formula is C22H24BrFN6. The third-order valence-corrected chi connectivity index (χ3v) is 6.04. The highest BCUT2D eigenvalue weighted by Gasteiger charge is 2.22. The number of hydrogen-bond donors (Lipinski definition) is 2. The maximum atomic E-state index is 14.2. The van der Waals surface area contributed by atoms with E-state index in [1.54, 1.807) is 12.1 Å². The van der Waals surface area contributed by atoms with Crippen LogP contribution in [0.1, 0.15) is 11.1 Å². The molecule has 30 heavy (non-hydrogen) atoms. The zero-order chi connectivity index (χ0) is 21.3. The van der Waals surface area contributed by atoms with E-state index in [0.717, 1.165) is 26.2 Å². The van der Waals surface area contributed by atoms with Crippen molar-refractivity contribution < 1.29 is 4.39 Å². The molecule has 0 saturated carbocycles. The van der Waals surface area contributed by atoms with Crippen LogP contribution in [-0.2, 0) is 0 Å². The van der Waals surface area contributed by atoms with Crippen LogP contribution in [0.25, 0.3) is 0 Å². The second kappa shape index (κ2) is 8.47. The number of anilines is 5. The van der Waals surface area contributed by atoms with Crippen molar-refractivity contribution >= 4 is 44.6 Å². The average molecular weight is 471 g/mol. The summed E-state index contributed by atoms with van der Waals surface area (Å²) in [5.41, 5.74) is 11.0. The first-order chi connectivity index (χ1) is 14.4. The van der Waals surface area contributed by atoms with Crippen LogP contribution in [0.5, 0.6) is 0 Å². The Bertz CT molecular complexity index is 1070. The maximum Gasteiger partial charge on any atom is 0.159 e. The summed E-state index contributed by atoms with van der Waals surface area (Å²) in [6.45, 7) is 7.63. The van der Waals surface area contributed by atoms with E-state index in [9.17, 15) is 4.39 Å². The molecule has 2 heterocycles. The second-order valence-corrected chi connectivity index (χ2v) is 8.32. The predicted molar refractivity (Wildman–Crippen MR) is 124 cm³/mol. The van der Waals surface area contributed by atoms with E-state index >= 15 is 0 Å². The fourth-order valence-electron chi connectivity index (χ4n) is 3.69. The van der Waals surface area contributed by atoms with Crippen molar-refractivity contribution in [3.63, 3.8) is 0 Å². The molecule has 3 N–H and O–H groups in total. The monoisotopic (exact) mass is 470 g/mol. The van der Waals surface area contributed by atoms with Gasteiger partial charge in [-0.15, -0.1) is 0 Å². The number of hydrogen-bond acceptors (Lipinski definition) is 6. The zero-order valence-electron chi connectivity index (χ0n) is 17.0. The van der Waals surface area contributed by atoms with Gasteiger partial charge in [-0.3, -0.25) is 0 Å². The molecule has 2 aromatic carbocycles. The first-order valence-electron chi connectivity index (χ1n) is 9.82. The summed E-state index contributed by atoms with van der Waals surface area (Å²) in [6, 6.07) is 11.2. The molecule has 0 spiro atoms. The van der Waals surface area contributed by atoms with E-state index in [0.29, 0.717) is 27.5 Å². The number of piperazine rings is 1. The van der Waals surface area contributed by atoms with Gasteiger partial charge in [0.15, 0.2) is 11.6 Å². The van der Waals surface area contributed by atoms with Crippen LogP contribution in [0.4, 0.5) is 33.1 Å². The summed E-state index contributed by atoms with van der Waals surface area (Å²) < 4.78 is 14.9. The Morgan fingerprint density at radius 1 is 1.03 bits per heavy atom. The standard InChI is InChI=1S/C22H24BrFN6/c1-14-4-3-5-19(15(14)2)29-8-10-30(11-9-29)22-20(25)21(26-13-27-22)28-18-7-6-16(23)12-17(18)24/h3-7,12-13H,8-11,25H2,1-2H3,(H,26,27,28). The average Bonchev–Trinajstić information content (AvgIpc) is 2.74. The summed E-state index contributed by atoms with van der Waals surface area (Å²) >= 11 is 3.26. The molecule has 1 aromatic heterocycles. The number of aromatic nitrogens is 2. The predicted octanol–water partition coefficient (Wildman–Crippen LogP) is 4.65. The lowest BCUT2D eigenvalue weighted by Gasteiger charge is -2.38. The molecule has 0 amide bonds. The number of nitrogens with one attached hydrogen (secondary N) is 1. The summed E-state index contributed by atoms with van der Waals surface area (Å²) in [5.74, 6) is 0.690. The molecule has 0 atom stereocenters. The molecule has 0 bridgehead atoms. The molecule has 0 radical (unpaired) electrons. The lowest BCUT2D eigenvalue weighted by molar-refractivity contribution is 0.631. The lowest BCUT2D eigenvalue weighted by atomic mass is 10.1. The SMILES string of the molecule is Cc1cccc(N2CCN(c3ncnc(Nc4ccc(Br)cc4F)c3N)CC2)c1C. The minimum atomic E-state index is -0.383. The Kier molecular flexibility index (Phi) is 5.76. The smallest absolute Gasteiger partial charge is 0.159 e. The lowest BCUT2D eigenvalue weighted by Crippen LogP contribution is -2.47. The maximum absolute atomic E-state index is 14.2. The van der Waals surface area contributed by atoms with Gasteiger partial charge < -0.3 is 20.9 Å². The quantitative estimate of drug-likeness (QED) is 0.578. The molecule has 1 aliphatic heterocycles. The van der Waals surface area contributed by atoms with Gasteiger partial charge in [-0.2, -0.15) is 0 Å². The molecule has 6 nitrogen and oxygen atoms in total. The summed E-state index contributed by atoms with van der Waals surface area (Å²) in [7, 11) is 0. The molecule has 156 valence electrons. The summed E-state index contributed by atoms with van der Waals surface area (Å²) in [5, 5.41) is 2.99. The highest BCUT2D eigenvalue weighted by atomic mass is 79.9. The number of nitrogen functional groups attached to an aromatic ring is 1. The second-order valence-electron chi connectivity index (χ2n) is 7.40. The topological polar surface area (TPSA) is 70.3 Å². The van der Waals surface area contributed by atoms with Gasteiger partial charge in [0.1, 0.15) is 17.8 Å². The molecule has 0 aliphatic carbocycles. The minimum Gasteiger partial charge on any atom is -0.393 e. The number of nitrogens with two attached hydrogens (primary N) is 1. The third kappa shape index (κ3) is 4.05. The number of halogens is 2. The van der Waals surface area contributed by atoms with Crippen molar-refractivity contribution in [2.24, 2.45) is 0 Å². The van der Waals surface area contributed by atoms with E-state index in [4.69, 9.17) is 5.73 Å². The van der Waals surface area contributed by atoms with E-state index in [1.807, 2.05) is 0 Å². The van der Waals surface area contributed by atoms with Gasteiger partial charge in [0.2, 0.25) is 0 Å². The highest BCUT2D eigenvalue weighted by Crippen LogP contribution is 2.31. The van der Waals surface area contributed by atoms with Gasteiger partial charge in [-0.1, -0.05) is 28.1 Å². The fourth-order valence-corrected chi connectivity index (χ4v) is 4.03. The zero-order valence-corrected chi connectivity index (χ0v) is 18.6. The first-order valence-corrected chi connectivity index (χ1v) is 10.6. The molecule has 0 unspecified atom stereocenters.